The van der Waals surface area contributed by atoms with Crippen LogP contribution in [0.2, 0.25) is 5.02 Å². The summed E-state index contributed by atoms with van der Waals surface area (Å²) in [7, 11) is 1.57. The van der Waals surface area contributed by atoms with E-state index < -0.39 is 18.2 Å². The molecule has 0 bridgehead atoms. The Bertz CT molecular complexity index is 931. The van der Waals surface area contributed by atoms with E-state index in [0.29, 0.717) is 23.1 Å². The number of ether oxygens (including phenoxy) is 3. The Morgan fingerprint density at radius 3 is 2.12 bits per heavy atom. The van der Waals surface area contributed by atoms with Gasteiger partial charge in [-0.15, -0.1) is 0 Å². The number of halogens is 1. The lowest BCUT2D eigenvalue weighted by Gasteiger charge is -2.27. The molecule has 0 aliphatic carbocycles. The number of alkyl carbamates (subject to hydrolysis) is 1. The summed E-state index contributed by atoms with van der Waals surface area (Å²) in [6, 6.07) is 11.4. The largest absolute Gasteiger partial charge is 0.493 e. The molecule has 180 valence electrons. The first-order valence-corrected chi connectivity index (χ1v) is 11.4. The third-order valence-corrected chi connectivity index (χ3v) is 5.13. The molecule has 8 heteroatoms. The Kier molecular flexibility index (Phi) is 9.85. The van der Waals surface area contributed by atoms with E-state index in [9.17, 15) is 9.59 Å². The second-order valence-corrected chi connectivity index (χ2v) is 8.59. The van der Waals surface area contributed by atoms with Gasteiger partial charge in [-0.2, -0.15) is 0 Å². The van der Waals surface area contributed by atoms with Crippen LogP contribution in [-0.4, -0.2) is 37.9 Å². The van der Waals surface area contributed by atoms with Gasteiger partial charge in [0, 0.05) is 5.02 Å². The smallest absolute Gasteiger partial charge is 0.408 e. The number of hydrogen-bond acceptors (Lipinski definition) is 5. The standard InChI is InChI=1S/C25H33ClN2O5/c1-7-32-21-14-18(10-13-20(21)31-6)23(17-8-11-19(26)12-9-17)27-24(29)22(15(2)3)28-25(30)33-16(4)5/h8-16,22-23H,7H2,1-6H3,(H,27,29)(H,28,30)/t22-,23?/m0/s1. The van der Waals surface area contributed by atoms with E-state index in [1.54, 1.807) is 39.2 Å². The predicted molar refractivity (Wildman–Crippen MR) is 129 cm³/mol. The van der Waals surface area contributed by atoms with Gasteiger partial charge in [-0.05, 0) is 62.1 Å². The molecule has 2 N–H and O–H groups in total. The summed E-state index contributed by atoms with van der Waals surface area (Å²) in [6.45, 7) is 9.57. The van der Waals surface area contributed by atoms with Crippen LogP contribution in [0.4, 0.5) is 4.79 Å². The van der Waals surface area contributed by atoms with Gasteiger partial charge >= 0.3 is 6.09 Å². The van der Waals surface area contributed by atoms with E-state index >= 15 is 0 Å². The van der Waals surface area contributed by atoms with E-state index in [4.69, 9.17) is 25.8 Å². The molecular weight excluding hydrogens is 444 g/mol. The first kappa shape index (κ1) is 26.3. The third kappa shape index (κ3) is 7.56. The molecule has 33 heavy (non-hydrogen) atoms. The molecule has 2 aromatic rings. The molecule has 0 spiro atoms. The average Bonchev–Trinajstić information content (AvgIpc) is 2.76. The summed E-state index contributed by atoms with van der Waals surface area (Å²) in [5.41, 5.74) is 1.62. The SMILES string of the molecule is CCOc1cc(C(NC(=O)[C@@H](NC(=O)OC(C)C)C(C)C)c2ccc(Cl)cc2)ccc1OC. The van der Waals surface area contributed by atoms with E-state index in [0.717, 1.165) is 11.1 Å². The molecular formula is C25H33ClN2O5. The zero-order valence-corrected chi connectivity index (χ0v) is 20.7. The fourth-order valence-electron chi connectivity index (χ4n) is 3.30. The van der Waals surface area contributed by atoms with Gasteiger partial charge in [0.15, 0.2) is 11.5 Å². The maximum atomic E-state index is 13.3. The van der Waals surface area contributed by atoms with Crippen LogP contribution in [0.15, 0.2) is 42.5 Å². The summed E-state index contributed by atoms with van der Waals surface area (Å²) in [5.74, 6) is 0.676. The molecule has 0 radical (unpaired) electrons. The van der Waals surface area contributed by atoms with Crippen molar-refractivity contribution >= 4 is 23.6 Å². The molecule has 2 rings (SSSR count). The lowest BCUT2D eigenvalue weighted by molar-refractivity contribution is -0.124. The maximum Gasteiger partial charge on any atom is 0.408 e. The summed E-state index contributed by atoms with van der Waals surface area (Å²) in [6.07, 6.45) is -0.927. The number of benzene rings is 2. The first-order chi connectivity index (χ1) is 15.7. The Hall–Kier alpha value is -2.93. The van der Waals surface area contributed by atoms with Gasteiger partial charge in [-0.3, -0.25) is 4.79 Å². The number of amides is 2. The lowest BCUT2D eigenvalue weighted by Crippen LogP contribution is -2.51. The van der Waals surface area contributed by atoms with Crippen molar-refractivity contribution in [3.05, 3.63) is 58.6 Å². The van der Waals surface area contributed by atoms with Gasteiger partial charge < -0.3 is 24.8 Å². The molecule has 0 fully saturated rings. The minimum Gasteiger partial charge on any atom is -0.493 e. The van der Waals surface area contributed by atoms with Crippen molar-refractivity contribution in [3.63, 3.8) is 0 Å². The van der Waals surface area contributed by atoms with E-state index in [1.807, 2.05) is 45.0 Å². The van der Waals surface area contributed by atoms with E-state index in [1.165, 1.54) is 0 Å². The van der Waals surface area contributed by atoms with Crippen molar-refractivity contribution in [1.82, 2.24) is 10.6 Å². The zero-order chi connectivity index (χ0) is 24.5. The first-order valence-electron chi connectivity index (χ1n) is 11.0. The second-order valence-electron chi connectivity index (χ2n) is 8.16. The maximum absolute atomic E-state index is 13.3. The highest BCUT2D eigenvalue weighted by Crippen LogP contribution is 2.33. The summed E-state index contributed by atoms with van der Waals surface area (Å²) >= 11 is 6.08. The predicted octanol–water partition coefficient (Wildman–Crippen LogP) is 5.11. The number of rotatable bonds is 10. The van der Waals surface area contributed by atoms with Gasteiger partial charge in [-0.1, -0.05) is 43.6 Å². The molecule has 2 amide bonds. The molecule has 2 atom stereocenters. The van der Waals surface area contributed by atoms with Crippen LogP contribution in [0.5, 0.6) is 11.5 Å². The molecule has 0 saturated heterocycles. The Labute approximate surface area is 200 Å². The number of carbonyl (C=O) groups excluding carboxylic acids is 2. The number of methoxy groups -OCH3 is 1. The molecule has 7 nitrogen and oxygen atoms in total. The molecule has 0 saturated carbocycles. The minimum atomic E-state index is -0.782. The molecule has 0 aliphatic heterocycles. The van der Waals surface area contributed by atoms with Crippen LogP contribution in [-0.2, 0) is 9.53 Å². The Morgan fingerprint density at radius 1 is 0.939 bits per heavy atom. The van der Waals surface area contributed by atoms with Gasteiger partial charge in [0.2, 0.25) is 5.91 Å². The van der Waals surface area contributed by atoms with Crippen LogP contribution < -0.4 is 20.1 Å². The van der Waals surface area contributed by atoms with Crippen LogP contribution in [0.1, 0.15) is 51.8 Å². The van der Waals surface area contributed by atoms with Crippen molar-refractivity contribution in [1.29, 1.82) is 0 Å². The number of nitrogens with one attached hydrogen (secondary N) is 2. The van der Waals surface area contributed by atoms with E-state index in [2.05, 4.69) is 10.6 Å². The van der Waals surface area contributed by atoms with Gasteiger partial charge in [0.05, 0.1) is 25.9 Å². The summed E-state index contributed by atoms with van der Waals surface area (Å²) in [5, 5.41) is 6.33. The fourth-order valence-corrected chi connectivity index (χ4v) is 3.42. The fraction of sp³-hybridized carbons (Fsp3) is 0.440. The number of carbonyl (C=O) groups is 2. The van der Waals surface area contributed by atoms with Gasteiger partial charge in [-0.25, -0.2) is 4.79 Å². The molecule has 0 aliphatic rings. The van der Waals surface area contributed by atoms with Crippen molar-refractivity contribution < 1.29 is 23.8 Å². The summed E-state index contributed by atoms with van der Waals surface area (Å²) in [4.78, 5) is 25.5. The zero-order valence-electron chi connectivity index (χ0n) is 20.0. The average molecular weight is 477 g/mol. The minimum absolute atomic E-state index is 0.162. The number of hydrogen-bond donors (Lipinski definition) is 2. The van der Waals surface area contributed by atoms with Crippen molar-refractivity contribution in [2.45, 2.75) is 52.8 Å². The van der Waals surface area contributed by atoms with Crippen LogP contribution in [0.25, 0.3) is 0 Å². The molecule has 0 aromatic heterocycles. The van der Waals surface area contributed by atoms with Crippen LogP contribution >= 0.6 is 11.6 Å². The highest BCUT2D eigenvalue weighted by atomic mass is 35.5. The van der Waals surface area contributed by atoms with Gasteiger partial charge in [0.1, 0.15) is 6.04 Å². The second kappa shape index (κ2) is 12.3. The molecule has 2 aromatic carbocycles. The highest BCUT2D eigenvalue weighted by Gasteiger charge is 2.28. The highest BCUT2D eigenvalue weighted by molar-refractivity contribution is 6.30. The molecule has 1 unspecified atom stereocenters. The van der Waals surface area contributed by atoms with Crippen molar-refractivity contribution in [2.24, 2.45) is 5.92 Å². The van der Waals surface area contributed by atoms with E-state index in [-0.39, 0.29) is 17.9 Å². The van der Waals surface area contributed by atoms with Crippen molar-refractivity contribution in [2.75, 3.05) is 13.7 Å². The monoisotopic (exact) mass is 476 g/mol. The lowest BCUT2D eigenvalue weighted by atomic mass is 9.96. The Balaban J connectivity index is 2.40. The van der Waals surface area contributed by atoms with Gasteiger partial charge in [0.25, 0.3) is 0 Å². The summed E-state index contributed by atoms with van der Waals surface area (Å²) < 4.78 is 16.3. The normalized spacial score (nSPS) is 12.8. The Morgan fingerprint density at radius 2 is 1.58 bits per heavy atom. The van der Waals surface area contributed by atoms with Crippen LogP contribution in [0.3, 0.4) is 0 Å². The van der Waals surface area contributed by atoms with Crippen LogP contribution in [0, 0.1) is 5.92 Å². The quantitative estimate of drug-likeness (QED) is 0.497. The third-order valence-electron chi connectivity index (χ3n) is 4.88. The topological polar surface area (TPSA) is 85.9 Å². The molecule has 0 heterocycles. The van der Waals surface area contributed by atoms with Crippen molar-refractivity contribution in [3.8, 4) is 11.5 Å².